The van der Waals surface area contributed by atoms with Gasteiger partial charge in [0.25, 0.3) is 0 Å². The Hall–Kier alpha value is -0.610. The van der Waals surface area contributed by atoms with Gasteiger partial charge in [0, 0.05) is 13.0 Å². The predicted octanol–water partition coefficient (Wildman–Crippen LogP) is 1.95. The predicted molar refractivity (Wildman–Crippen MR) is 77.7 cm³/mol. The maximum Gasteiger partial charge on any atom is 0.220 e. The van der Waals surface area contributed by atoms with Gasteiger partial charge in [-0.2, -0.15) is 0 Å². The first-order chi connectivity index (χ1) is 9.09. The van der Waals surface area contributed by atoms with E-state index in [1.54, 1.807) is 0 Å². The summed E-state index contributed by atoms with van der Waals surface area (Å²) in [5.74, 6) is 0.633. The second-order valence-electron chi connectivity index (χ2n) is 5.98. The van der Waals surface area contributed by atoms with Gasteiger partial charge in [0.05, 0.1) is 5.60 Å². The number of aliphatic hydroxyl groups is 1. The number of carbonyl (C=O) groups is 1. The Balaban J connectivity index is 2.19. The van der Waals surface area contributed by atoms with E-state index in [0.717, 1.165) is 51.4 Å². The fraction of sp³-hybridized carbons (Fsp3) is 0.933. The Labute approximate surface area is 117 Å². The summed E-state index contributed by atoms with van der Waals surface area (Å²) in [6.45, 7) is 3.28. The average molecular weight is 270 g/mol. The Kier molecular flexibility index (Phi) is 7.39. The van der Waals surface area contributed by atoms with E-state index in [9.17, 15) is 9.90 Å². The summed E-state index contributed by atoms with van der Waals surface area (Å²) in [7, 11) is 0. The summed E-state index contributed by atoms with van der Waals surface area (Å²) >= 11 is 0. The topological polar surface area (TPSA) is 75.4 Å². The molecule has 0 heterocycles. The zero-order valence-corrected chi connectivity index (χ0v) is 12.3. The molecule has 0 aliphatic heterocycles. The summed E-state index contributed by atoms with van der Waals surface area (Å²) in [4.78, 5) is 11.8. The number of hydrogen-bond donors (Lipinski definition) is 3. The van der Waals surface area contributed by atoms with Crippen LogP contribution >= 0.6 is 0 Å². The third kappa shape index (κ3) is 6.39. The molecule has 19 heavy (non-hydrogen) atoms. The van der Waals surface area contributed by atoms with Gasteiger partial charge in [0.1, 0.15) is 0 Å². The molecule has 0 aromatic heterocycles. The number of rotatable bonds is 9. The Morgan fingerprint density at radius 1 is 1.32 bits per heavy atom. The van der Waals surface area contributed by atoms with Crippen molar-refractivity contribution in [2.45, 2.75) is 70.3 Å². The number of nitrogens with two attached hydrogens (primary N) is 1. The zero-order chi connectivity index (χ0) is 14.1. The van der Waals surface area contributed by atoms with Crippen molar-refractivity contribution in [1.29, 1.82) is 0 Å². The van der Waals surface area contributed by atoms with E-state index >= 15 is 0 Å². The molecule has 1 aliphatic carbocycles. The molecular formula is C15H30N2O2. The highest BCUT2D eigenvalue weighted by Gasteiger charge is 2.31. The number of amides is 1. The normalized spacial score (nSPS) is 19.3. The maximum atomic E-state index is 11.8. The van der Waals surface area contributed by atoms with Crippen molar-refractivity contribution in [1.82, 2.24) is 5.32 Å². The highest BCUT2D eigenvalue weighted by atomic mass is 16.3. The van der Waals surface area contributed by atoms with Crippen molar-refractivity contribution in [2.24, 2.45) is 11.7 Å². The van der Waals surface area contributed by atoms with Gasteiger partial charge in [0.15, 0.2) is 0 Å². The molecule has 1 fully saturated rings. The molecule has 0 saturated heterocycles. The lowest BCUT2D eigenvalue weighted by Crippen LogP contribution is -2.40. The fourth-order valence-corrected chi connectivity index (χ4v) is 2.97. The fourth-order valence-electron chi connectivity index (χ4n) is 2.97. The van der Waals surface area contributed by atoms with Crippen LogP contribution in [0, 0.1) is 5.92 Å². The van der Waals surface area contributed by atoms with E-state index < -0.39 is 5.60 Å². The maximum absolute atomic E-state index is 11.8. The molecule has 0 aromatic rings. The molecule has 1 unspecified atom stereocenters. The molecular weight excluding hydrogens is 240 g/mol. The van der Waals surface area contributed by atoms with Crippen LogP contribution in [0.4, 0.5) is 0 Å². The smallest absolute Gasteiger partial charge is 0.220 e. The second-order valence-corrected chi connectivity index (χ2v) is 5.98. The molecule has 0 spiro atoms. The first kappa shape index (κ1) is 16.4. The molecule has 1 saturated carbocycles. The number of carbonyl (C=O) groups excluding carboxylic acids is 1. The lowest BCUT2D eigenvalue weighted by molar-refractivity contribution is -0.122. The van der Waals surface area contributed by atoms with Crippen LogP contribution in [-0.2, 0) is 4.79 Å². The minimum atomic E-state index is -0.643. The lowest BCUT2D eigenvalue weighted by atomic mass is 9.94. The molecule has 1 amide bonds. The quantitative estimate of drug-likeness (QED) is 0.599. The molecule has 4 nitrogen and oxygen atoms in total. The minimum Gasteiger partial charge on any atom is -0.388 e. The van der Waals surface area contributed by atoms with Gasteiger partial charge in [-0.1, -0.05) is 32.6 Å². The summed E-state index contributed by atoms with van der Waals surface area (Å²) in [6, 6.07) is 0. The van der Waals surface area contributed by atoms with Crippen LogP contribution < -0.4 is 11.1 Å². The standard InChI is InChI=1S/C15H30N2O2/c1-2-5-13(8-11-16)6-7-14(18)17-12-15(19)9-3-4-10-15/h13,19H,2-12,16H2,1H3,(H,17,18). The van der Waals surface area contributed by atoms with Crippen molar-refractivity contribution < 1.29 is 9.90 Å². The van der Waals surface area contributed by atoms with E-state index in [-0.39, 0.29) is 5.91 Å². The van der Waals surface area contributed by atoms with E-state index in [0.29, 0.717) is 25.4 Å². The van der Waals surface area contributed by atoms with Gasteiger partial charge >= 0.3 is 0 Å². The van der Waals surface area contributed by atoms with Crippen LogP contribution in [0.3, 0.4) is 0 Å². The Morgan fingerprint density at radius 2 is 2.00 bits per heavy atom. The Morgan fingerprint density at radius 3 is 2.58 bits per heavy atom. The molecule has 1 aliphatic rings. The summed E-state index contributed by atoms with van der Waals surface area (Å²) in [6.07, 6.45) is 8.54. The van der Waals surface area contributed by atoms with Crippen LogP contribution in [0.25, 0.3) is 0 Å². The number of nitrogens with one attached hydrogen (secondary N) is 1. The second kappa shape index (κ2) is 8.54. The Bertz CT molecular complexity index is 257. The SMILES string of the molecule is CCCC(CCN)CCC(=O)NCC1(O)CCCC1. The zero-order valence-electron chi connectivity index (χ0n) is 12.3. The van der Waals surface area contributed by atoms with Crippen molar-refractivity contribution in [3.05, 3.63) is 0 Å². The van der Waals surface area contributed by atoms with E-state index in [2.05, 4.69) is 12.2 Å². The van der Waals surface area contributed by atoms with Gasteiger partial charge in [-0.05, 0) is 38.1 Å². The molecule has 0 radical (unpaired) electrons. The van der Waals surface area contributed by atoms with E-state index in [1.807, 2.05) is 0 Å². The van der Waals surface area contributed by atoms with Crippen molar-refractivity contribution in [2.75, 3.05) is 13.1 Å². The van der Waals surface area contributed by atoms with Gasteiger partial charge in [-0.15, -0.1) is 0 Å². The molecule has 112 valence electrons. The minimum absolute atomic E-state index is 0.0680. The third-order valence-corrected chi connectivity index (χ3v) is 4.20. The lowest BCUT2D eigenvalue weighted by Gasteiger charge is -2.22. The van der Waals surface area contributed by atoms with E-state index in [1.165, 1.54) is 0 Å². The van der Waals surface area contributed by atoms with Crippen LogP contribution in [-0.4, -0.2) is 29.7 Å². The van der Waals surface area contributed by atoms with Crippen LogP contribution in [0.5, 0.6) is 0 Å². The first-order valence-corrected chi connectivity index (χ1v) is 7.79. The van der Waals surface area contributed by atoms with Crippen molar-refractivity contribution in [3.8, 4) is 0 Å². The largest absolute Gasteiger partial charge is 0.388 e. The molecule has 0 aromatic carbocycles. The van der Waals surface area contributed by atoms with Crippen LogP contribution in [0.2, 0.25) is 0 Å². The van der Waals surface area contributed by atoms with E-state index in [4.69, 9.17) is 5.73 Å². The molecule has 4 heteroatoms. The monoisotopic (exact) mass is 270 g/mol. The molecule has 1 atom stereocenters. The van der Waals surface area contributed by atoms with Crippen molar-refractivity contribution >= 4 is 5.91 Å². The number of hydrogen-bond acceptors (Lipinski definition) is 3. The van der Waals surface area contributed by atoms with Crippen molar-refractivity contribution in [3.63, 3.8) is 0 Å². The molecule has 1 rings (SSSR count). The first-order valence-electron chi connectivity index (χ1n) is 7.79. The highest BCUT2D eigenvalue weighted by Crippen LogP contribution is 2.28. The summed E-state index contributed by atoms with van der Waals surface area (Å²) in [5.41, 5.74) is 4.95. The third-order valence-electron chi connectivity index (χ3n) is 4.20. The average Bonchev–Trinajstić information content (AvgIpc) is 2.82. The van der Waals surface area contributed by atoms with Gasteiger partial charge in [0.2, 0.25) is 5.91 Å². The van der Waals surface area contributed by atoms with Crippen LogP contribution in [0.1, 0.15) is 64.7 Å². The highest BCUT2D eigenvalue weighted by molar-refractivity contribution is 5.75. The summed E-state index contributed by atoms with van der Waals surface area (Å²) < 4.78 is 0. The van der Waals surface area contributed by atoms with Crippen LogP contribution in [0.15, 0.2) is 0 Å². The molecule has 4 N–H and O–H groups in total. The summed E-state index contributed by atoms with van der Waals surface area (Å²) in [5, 5.41) is 13.0. The van der Waals surface area contributed by atoms with Gasteiger partial charge in [-0.25, -0.2) is 0 Å². The van der Waals surface area contributed by atoms with Gasteiger partial charge < -0.3 is 16.2 Å². The molecule has 0 bridgehead atoms. The van der Waals surface area contributed by atoms with Gasteiger partial charge in [-0.3, -0.25) is 4.79 Å².